The topological polar surface area (TPSA) is 207 Å². The zero-order chi connectivity index (χ0) is 12.8. The molecule has 2 aromatic heterocycles. The number of nitrogens with zero attached hydrogens (tertiary/aromatic N) is 6. The molecule has 0 aliphatic rings. The van der Waals surface area contributed by atoms with Gasteiger partial charge in [-0.3, -0.25) is 0 Å². The van der Waals surface area contributed by atoms with Crippen LogP contribution in [0.4, 0.5) is 29.7 Å². The summed E-state index contributed by atoms with van der Waals surface area (Å²) >= 11 is 0. The standard InChI is InChI=1S/C3H6N6.C3H5N5.CH4/c4-1-7-2(5)9-3(6)8-1;4-2-6-1-7-3(5)8-2;/h(H6,4,5,6,7,8,9);1H,(H4,4,5,6,7,8);1H4. The normalized spacial score (nSPS) is 8.67. The Morgan fingerprint density at radius 2 is 0.833 bits per heavy atom. The number of anilines is 5. The largest absolute Gasteiger partial charge is 0.368 e. The summed E-state index contributed by atoms with van der Waals surface area (Å²) in [6.07, 6.45) is 1.26. The van der Waals surface area contributed by atoms with Crippen molar-refractivity contribution < 1.29 is 0 Å². The van der Waals surface area contributed by atoms with Crippen LogP contribution < -0.4 is 28.7 Å². The van der Waals surface area contributed by atoms with Crippen molar-refractivity contribution in [3.05, 3.63) is 6.33 Å². The molecule has 0 unspecified atom stereocenters. The zero-order valence-electron chi connectivity index (χ0n) is 8.65. The van der Waals surface area contributed by atoms with Crippen LogP contribution in [0.25, 0.3) is 0 Å². The minimum atomic E-state index is 0. The number of nitrogen functional groups attached to an aromatic ring is 5. The predicted octanol–water partition coefficient (Wildman–Crippen LogP) is -1.71. The Balaban J connectivity index is 0.000000306. The van der Waals surface area contributed by atoms with E-state index in [1.807, 2.05) is 0 Å². The van der Waals surface area contributed by atoms with Crippen molar-refractivity contribution in [3.63, 3.8) is 0 Å². The molecule has 0 amide bonds. The molecule has 11 heteroatoms. The van der Waals surface area contributed by atoms with Gasteiger partial charge in [-0.25, -0.2) is 9.97 Å². The van der Waals surface area contributed by atoms with Gasteiger partial charge in [0.1, 0.15) is 6.33 Å². The lowest BCUT2D eigenvalue weighted by Gasteiger charge is -1.93. The van der Waals surface area contributed by atoms with E-state index in [-0.39, 0.29) is 37.2 Å². The van der Waals surface area contributed by atoms with E-state index in [4.69, 9.17) is 28.7 Å². The molecule has 2 aromatic rings. The van der Waals surface area contributed by atoms with E-state index in [2.05, 4.69) is 29.9 Å². The molecule has 0 saturated heterocycles. The minimum Gasteiger partial charge on any atom is -0.368 e. The van der Waals surface area contributed by atoms with Crippen LogP contribution in [0, 0.1) is 0 Å². The van der Waals surface area contributed by atoms with Gasteiger partial charge in [-0.2, -0.15) is 19.9 Å². The highest BCUT2D eigenvalue weighted by Gasteiger charge is 1.93. The third-order valence-corrected chi connectivity index (χ3v) is 1.30. The Hall–Kier alpha value is -2.98. The van der Waals surface area contributed by atoms with Crippen LogP contribution in [0.5, 0.6) is 0 Å². The summed E-state index contributed by atoms with van der Waals surface area (Å²) in [4.78, 5) is 21.0. The van der Waals surface area contributed by atoms with Crippen molar-refractivity contribution in [1.29, 1.82) is 0 Å². The Labute approximate surface area is 103 Å². The van der Waals surface area contributed by atoms with Crippen LogP contribution in [-0.4, -0.2) is 29.9 Å². The Morgan fingerprint density at radius 1 is 0.556 bits per heavy atom. The molecular formula is C7H15N11. The van der Waals surface area contributed by atoms with E-state index in [9.17, 15) is 0 Å². The van der Waals surface area contributed by atoms with Crippen LogP contribution in [0.15, 0.2) is 6.33 Å². The first-order valence-electron chi connectivity index (χ1n) is 4.20. The summed E-state index contributed by atoms with van der Waals surface area (Å²) in [5, 5.41) is 0. The average molecular weight is 253 g/mol. The second-order valence-electron chi connectivity index (χ2n) is 2.61. The van der Waals surface area contributed by atoms with E-state index in [0.717, 1.165) is 0 Å². The summed E-state index contributed by atoms with van der Waals surface area (Å²) in [7, 11) is 0. The molecule has 0 radical (unpaired) electrons. The molecule has 0 aliphatic heterocycles. The summed E-state index contributed by atoms with van der Waals surface area (Å²) in [5.41, 5.74) is 25.6. The first kappa shape index (κ1) is 15.0. The van der Waals surface area contributed by atoms with Crippen molar-refractivity contribution in [3.8, 4) is 0 Å². The fraction of sp³-hybridized carbons (Fsp3) is 0.143. The molecule has 0 aliphatic carbocycles. The Kier molecular flexibility index (Phi) is 5.48. The number of nitrogens with two attached hydrogens (primary N) is 5. The molecule has 98 valence electrons. The fourth-order valence-corrected chi connectivity index (χ4v) is 0.749. The molecule has 2 rings (SSSR count). The lowest BCUT2D eigenvalue weighted by atomic mass is 10.9. The second kappa shape index (κ2) is 6.57. The summed E-state index contributed by atoms with van der Waals surface area (Å²) < 4.78 is 0. The average Bonchev–Trinajstić information content (AvgIpc) is 2.15. The lowest BCUT2D eigenvalue weighted by molar-refractivity contribution is 1.08. The summed E-state index contributed by atoms with van der Waals surface area (Å²) in [5.74, 6) is 0.426. The quantitative estimate of drug-likeness (QED) is 0.357. The van der Waals surface area contributed by atoms with Gasteiger partial charge in [-0.15, -0.1) is 0 Å². The van der Waals surface area contributed by atoms with E-state index in [0.29, 0.717) is 0 Å². The van der Waals surface area contributed by atoms with Crippen LogP contribution >= 0.6 is 0 Å². The van der Waals surface area contributed by atoms with Gasteiger partial charge in [0, 0.05) is 0 Å². The third kappa shape index (κ3) is 5.20. The monoisotopic (exact) mass is 253 g/mol. The lowest BCUT2D eigenvalue weighted by Crippen LogP contribution is -2.05. The highest BCUT2D eigenvalue weighted by molar-refractivity contribution is 5.33. The maximum absolute atomic E-state index is 5.14. The zero-order valence-corrected chi connectivity index (χ0v) is 8.65. The molecular weight excluding hydrogens is 238 g/mol. The molecule has 0 spiro atoms. The van der Waals surface area contributed by atoms with Gasteiger partial charge in [0.2, 0.25) is 29.7 Å². The highest BCUT2D eigenvalue weighted by atomic mass is 15.2. The minimum absolute atomic E-state index is 0. The van der Waals surface area contributed by atoms with Crippen molar-refractivity contribution in [2.45, 2.75) is 7.43 Å². The van der Waals surface area contributed by atoms with E-state index < -0.39 is 0 Å². The molecule has 10 N–H and O–H groups in total. The highest BCUT2D eigenvalue weighted by Crippen LogP contribution is 1.97. The van der Waals surface area contributed by atoms with Gasteiger partial charge in [0.25, 0.3) is 0 Å². The molecule has 2 heterocycles. The molecule has 11 nitrogen and oxygen atoms in total. The van der Waals surface area contributed by atoms with Gasteiger partial charge in [-0.05, 0) is 0 Å². The van der Waals surface area contributed by atoms with Gasteiger partial charge in [0.05, 0.1) is 0 Å². The van der Waals surface area contributed by atoms with Gasteiger partial charge < -0.3 is 28.7 Å². The molecule has 0 bridgehead atoms. The van der Waals surface area contributed by atoms with Crippen molar-refractivity contribution in [2.24, 2.45) is 0 Å². The van der Waals surface area contributed by atoms with Gasteiger partial charge in [-0.1, -0.05) is 7.43 Å². The molecule has 0 atom stereocenters. The van der Waals surface area contributed by atoms with Crippen LogP contribution in [-0.2, 0) is 0 Å². The number of hydrogen-bond donors (Lipinski definition) is 5. The number of hydrogen-bond acceptors (Lipinski definition) is 11. The first-order valence-corrected chi connectivity index (χ1v) is 4.20. The number of aromatic nitrogens is 6. The van der Waals surface area contributed by atoms with Crippen molar-refractivity contribution >= 4 is 29.7 Å². The summed E-state index contributed by atoms with van der Waals surface area (Å²) in [6, 6.07) is 0. The number of rotatable bonds is 0. The fourth-order valence-electron chi connectivity index (χ4n) is 0.749. The maximum atomic E-state index is 5.14. The van der Waals surface area contributed by atoms with Crippen LogP contribution in [0.1, 0.15) is 7.43 Å². The van der Waals surface area contributed by atoms with Crippen LogP contribution in [0.2, 0.25) is 0 Å². The van der Waals surface area contributed by atoms with Crippen molar-refractivity contribution in [2.75, 3.05) is 28.7 Å². The Morgan fingerprint density at radius 3 is 1.06 bits per heavy atom. The van der Waals surface area contributed by atoms with E-state index >= 15 is 0 Å². The summed E-state index contributed by atoms with van der Waals surface area (Å²) in [6.45, 7) is 0. The maximum Gasteiger partial charge on any atom is 0.226 e. The molecule has 0 saturated carbocycles. The van der Waals surface area contributed by atoms with Crippen molar-refractivity contribution in [1.82, 2.24) is 29.9 Å². The van der Waals surface area contributed by atoms with Gasteiger partial charge in [0.15, 0.2) is 0 Å². The SMILES string of the molecule is C.Nc1nc(N)nc(N)n1.Nc1ncnc(N)n1. The van der Waals surface area contributed by atoms with E-state index in [1.165, 1.54) is 6.33 Å². The third-order valence-electron chi connectivity index (χ3n) is 1.30. The first-order chi connectivity index (χ1) is 7.97. The van der Waals surface area contributed by atoms with E-state index in [1.54, 1.807) is 0 Å². The molecule has 0 aromatic carbocycles. The predicted molar refractivity (Wildman–Crippen MR) is 68.4 cm³/mol. The molecule has 18 heavy (non-hydrogen) atoms. The molecule has 0 fully saturated rings. The Bertz CT molecular complexity index is 431. The van der Waals surface area contributed by atoms with Crippen LogP contribution in [0.3, 0.4) is 0 Å². The van der Waals surface area contributed by atoms with Gasteiger partial charge >= 0.3 is 0 Å². The smallest absolute Gasteiger partial charge is 0.226 e. The second-order valence-corrected chi connectivity index (χ2v) is 2.61.